The lowest BCUT2D eigenvalue weighted by Crippen LogP contribution is -2.46. The predicted octanol–water partition coefficient (Wildman–Crippen LogP) is 4.82. The van der Waals surface area contributed by atoms with Gasteiger partial charge in [0.15, 0.2) is 0 Å². The van der Waals surface area contributed by atoms with E-state index in [-0.39, 0.29) is 0 Å². The summed E-state index contributed by atoms with van der Waals surface area (Å²) < 4.78 is 0. The number of rotatable bonds is 5. The monoisotopic (exact) mass is 345 g/mol. The zero-order chi connectivity index (χ0) is 17.8. The summed E-state index contributed by atoms with van der Waals surface area (Å²) in [4.78, 5) is 10.0. The summed E-state index contributed by atoms with van der Waals surface area (Å²) in [6, 6.07) is 21.4. The number of anilines is 1. The van der Waals surface area contributed by atoms with E-state index in [4.69, 9.17) is 4.98 Å². The predicted molar refractivity (Wildman–Crippen MR) is 111 cm³/mol. The second-order valence-corrected chi connectivity index (χ2v) is 7.09. The first-order chi connectivity index (χ1) is 12.8. The normalized spacial score (nSPS) is 15.5. The molecule has 2 heterocycles. The van der Waals surface area contributed by atoms with Crippen LogP contribution in [-0.2, 0) is 0 Å². The van der Waals surface area contributed by atoms with E-state index in [1.54, 1.807) is 0 Å². The molecule has 3 heteroatoms. The van der Waals surface area contributed by atoms with Crippen LogP contribution in [0.15, 0.2) is 60.7 Å². The Balaban J connectivity index is 1.65. The molecule has 0 amide bonds. The maximum absolute atomic E-state index is 4.98. The minimum Gasteiger partial charge on any atom is -0.354 e. The number of hydrogen-bond donors (Lipinski definition) is 0. The minimum atomic E-state index is 1.06. The summed E-state index contributed by atoms with van der Waals surface area (Å²) in [7, 11) is 0. The lowest BCUT2D eigenvalue weighted by atomic mass is 10.0. The number of pyridine rings is 1. The molecule has 4 rings (SSSR count). The Morgan fingerprint density at radius 2 is 1.62 bits per heavy atom. The van der Waals surface area contributed by atoms with Gasteiger partial charge < -0.3 is 4.90 Å². The van der Waals surface area contributed by atoms with Crippen LogP contribution in [0, 0.1) is 0 Å². The first-order valence-corrected chi connectivity index (χ1v) is 9.77. The Hall–Kier alpha value is -2.39. The van der Waals surface area contributed by atoms with Crippen molar-refractivity contribution in [3.63, 3.8) is 0 Å². The van der Waals surface area contributed by atoms with Crippen molar-refractivity contribution in [2.24, 2.45) is 0 Å². The molecule has 0 N–H and O–H groups in total. The number of fused-ring (bicyclic) bond motifs is 1. The van der Waals surface area contributed by atoms with E-state index in [1.165, 1.54) is 35.9 Å². The van der Waals surface area contributed by atoms with E-state index in [2.05, 4.69) is 77.4 Å². The van der Waals surface area contributed by atoms with E-state index < -0.39 is 0 Å². The van der Waals surface area contributed by atoms with Gasteiger partial charge in [0.25, 0.3) is 0 Å². The van der Waals surface area contributed by atoms with Gasteiger partial charge in [-0.05, 0) is 36.2 Å². The molecule has 0 atom stereocenters. The Labute approximate surface area is 156 Å². The molecule has 0 unspecified atom stereocenters. The average molecular weight is 345 g/mol. The van der Waals surface area contributed by atoms with Crippen molar-refractivity contribution in [3.05, 3.63) is 60.7 Å². The van der Waals surface area contributed by atoms with Crippen LogP contribution in [0.3, 0.4) is 0 Å². The topological polar surface area (TPSA) is 19.4 Å². The maximum Gasteiger partial charge on any atom is 0.129 e. The molecule has 1 aliphatic heterocycles. The fourth-order valence-electron chi connectivity index (χ4n) is 3.76. The molecule has 0 aliphatic carbocycles. The molecule has 0 spiro atoms. The van der Waals surface area contributed by atoms with Crippen LogP contribution in [-0.4, -0.2) is 42.6 Å². The molecule has 0 bridgehead atoms. The van der Waals surface area contributed by atoms with Gasteiger partial charge in [-0.2, -0.15) is 0 Å². The molecular weight excluding hydrogens is 318 g/mol. The van der Waals surface area contributed by atoms with E-state index in [9.17, 15) is 0 Å². The Morgan fingerprint density at radius 1 is 0.885 bits per heavy atom. The van der Waals surface area contributed by atoms with Crippen LogP contribution < -0.4 is 4.90 Å². The molecular formula is C23H27N3. The third kappa shape index (κ3) is 3.58. The fourth-order valence-corrected chi connectivity index (χ4v) is 3.76. The van der Waals surface area contributed by atoms with E-state index in [0.717, 1.165) is 37.5 Å². The molecule has 3 aromatic rings. The van der Waals surface area contributed by atoms with Crippen molar-refractivity contribution < 1.29 is 0 Å². The third-order valence-corrected chi connectivity index (χ3v) is 5.31. The molecule has 0 radical (unpaired) electrons. The summed E-state index contributed by atoms with van der Waals surface area (Å²) in [5, 5.41) is 1.23. The SMILES string of the molecule is CCCCN1CCN(c2cc(-c3ccccc3)c3ccccc3n2)CC1. The number of benzene rings is 2. The molecule has 2 aromatic carbocycles. The molecule has 1 fully saturated rings. The zero-order valence-corrected chi connectivity index (χ0v) is 15.6. The van der Waals surface area contributed by atoms with E-state index in [1.807, 2.05) is 0 Å². The van der Waals surface area contributed by atoms with Crippen molar-refractivity contribution in [2.75, 3.05) is 37.6 Å². The summed E-state index contributed by atoms with van der Waals surface area (Å²) >= 11 is 0. The van der Waals surface area contributed by atoms with Gasteiger partial charge in [-0.15, -0.1) is 0 Å². The lowest BCUT2D eigenvalue weighted by Gasteiger charge is -2.35. The van der Waals surface area contributed by atoms with Gasteiger partial charge in [0.2, 0.25) is 0 Å². The highest BCUT2D eigenvalue weighted by Crippen LogP contribution is 2.31. The highest BCUT2D eigenvalue weighted by molar-refractivity contribution is 5.96. The molecule has 134 valence electrons. The number of aromatic nitrogens is 1. The third-order valence-electron chi connectivity index (χ3n) is 5.31. The Bertz CT molecular complexity index is 852. The Morgan fingerprint density at radius 3 is 2.38 bits per heavy atom. The van der Waals surface area contributed by atoms with Crippen molar-refractivity contribution in [1.82, 2.24) is 9.88 Å². The fraction of sp³-hybridized carbons (Fsp3) is 0.348. The smallest absolute Gasteiger partial charge is 0.129 e. The average Bonchev–Trinajstić information content (AvgIpc) is 2.72. The largest absolute Gasteiger partial charge is 0.354 e. The second-order valence-electron chi connectivity index (χ2n) is 7.09. The van der Waals surface area contributed by atoms with Gasteiger partial charge in [-0.1, -0.05) is 61.9 Å². The van der Waals surface area contributed by atoms with Gasteiger partial charge in [0.1, 0.15) is 5.82 Å². The van der Waals surface area contributed by atoms with Gasteiger partial charge in [0.05, 0.1) is 5.52 Å². The number of hydrogen-bond acceptors (Lipinski definition) is 3. The number of piperazine rings is 1. The van der Waals surface area contributed by atoms with Crippen molar-refractivity contribution in [2.45, 2.75) is 19.8 Å². The van der Waals surface area contributed by atoms with E-state index >= 15 is 0 Å². The van der Waals surface area contributed by atoms with Crippen LogP contribution in [0.4, 0.5) is 5.82 Å². The van der Waals surface area contributed by atoms with Crippen molar-refractivity contribution >= 4 is 16.7 Å². The lowest BCUT2D eigenvalue weighted by molar-refractivity contribution is 0.254. The van der Waals surface area contributed by atoms with Crippen LogP contribution in [0.2, 0.25) is 0 Å². The highest BCUT2D eigenvalue weighted by Gasteiger charge is 2.19. The number of para-hydroxylation sites is 1. The summed E-state index contributed by atoms with van der Waals surface area (Å²) in [5.41, 5.74) is 3.62. The summed E-state index contributed by atoms with van der Waals surface area (Å²) in [5.74, 6) is 1.11. The zero-order valence-electron chi connectivity index (χ0n) is 15.6. The van der Waals surface area contributed by atoms with Crippen LogP contribution in [0.25, 0.3) is 22.0 Å². The van der Waals surface area contributed by atoms with Crippen LogP contribution in [0.5, 0.6) is 0 Å². The first-order valence-electron chi connectivity index (χ1n) is 9.77. The molecule has 26 heavy (non-hydrogen) atoms. The van der Waals surface area contributed by atoms with Gasteiger partial charge in [0, 0.05) is 31.6 Å². The second kappa shape index (κ2) is 7.88. The summed E-state index contributed by atoms with van der Waals surface area (Å²) in [6.07, 6.45) is 2.57. The molecule has 1 aromatic heterocycles. The van der Waals surface area contributed by atoms with E-state index in [0.29, 0.717) is 0 Å². The van der Waals surface area contributed by atoms with Crippen molar-refractivity contribution in [1.29, 1.82) is 0 Å². The van der Waals surface area contributed by atoms with Gasteiger partial charge in [-0.25, -0.2) is 4.98 Å². The van der Waals surface area contributed by atoms with Gasteiger partial charge in [-0.3, -0.25) is 4.90 Å². The standard InChI is InChI=1S/C23H27N3/c1-2-3-13-25-14-16-26(17-15-25)23-18-21(19-9-5-4-6-10-19)20-11-7-8-12-22(20)24-23/h4-12,18H,2-3,13-17H2,1H3. The highest BCUT2D eigenvalue weighted by atomic mass is 15.3. The number of unbranched alkanes of at least 4 members (excludes halogenated alkanes) is 1. The molecule has 3 nitrogen and oxygen atoms in total. The molecule has 0 saturated carbocycles. The van der Waals surface area contributed by atoms with Crippen LogP contribution in [0.1, 0.15) is 19.8 Å². The van der Waals surface area contributed by atoms with Gasteiger partial charge >= 0.3 is 0 Å². The quantitative estimate of drug-likeness (QED) is 0.660. The molecule has 1 aliphatic rings. The minimum absolute atomic E-state index is 1.06. The number of nitrogens with zero attached hydrogens (tertiary/aromatic N) is 3. The maximum atomic E-state index is 4.98. The molecule has 1 saturated heterocycles. The Kier molecular flexibility index (Phi) is 5.16. The van der Waals surface area contributed by atoms with Crippen LogP contribution >= 0.6 is 0 Å². The summed E-state index contributed by atoms with van der Waals surface area (Å²) in [6.45, 7) is 7.88. The first kappa shape index (κ1) is 17.0. The van der Waals surface area contributed by atoms with Crippen molar-refractivity contribution in [3.8, 4) is 11.1 Å².